The maximum absolute atomic E-state index is 14.8. The molecule has 0 unspecified atom stereocenters. The van der Waals surface area contributed by atoms with E-state index in [9.17, 15) is 57.5 Å². The number of carbonyl (C=O) groups is 12. The number of amides is 12. The van der Waals surface area contributed by atoms with Crippen LogP contribution in [0, 0.1) is 0 Å². The molecule has 6 heterocycles. The molecule has 6 aliphatic rings. The number of benzene rings is 12. The first-order chi connectivity index (χ1) is 65.9. The van der Waals surface area contributed by atoms with Crippen LogP contribution in [0.25, 0.3) is 32.3 Å². The monoisotopic (exact) mass is 2380 g/mol. The average molecular weight is 2390 g/mol. The average Bonchev–Trinajstić information content (AvgIpc) is 0.679. The summed E-state index contributed by atoms with van der Waals surface area (Å²) in [6.07, 6.45) is 0. The fourth-order valence-electron chi connectivity index (χ4n) is 20.9. The smallest absolute Gasteiger partial charge is 0.267 e. The predicted octanol–water partition coefficient (Wildman–Crippen LogP) is 32.9. The molecule has 0 atom stereocenters. The first-order valence-corrected chi connectivity index (χ1v) is 53.7. The van der Waals surface area contributed by atoms with Crippen LogP contribution < -0.4 is 29.4 Å². The van der Waals surface area contributed by atoms with Gasteiger partial charge < -0.3 is 0 Å². The normalized spacial score (nSPS) is 14.7. The van der Waals surface area contributed by atoms with Crippen molar-refractivity contribution in [2.24, 2.45) is 0 Å². The molecular weight excluding hydrogens is 2280 g/mol. The summed E-state index contributed by atoms with van der Waals surface area (Å²) in [5, 5.41) is 1.84. The van der Waals surface area contributed by atoms with E-state index in [0.29, 0.717) is 91.5 Å². The number of nitrogens with zero attached hydrogens (tertiary/aromatic N) is 6. The first kappa shape index (κ1) is 103. The van der Waals surface area contributed by atoms with Gasteiger partial charge in [0, 0.05) is 68.1 Å². The zero-order valence-corrected chi connectivity index (χ0v) is 94.9. The van der Waals surface area contributed by atoms with Gasteiger partial charge in [-0.15, -0.1) is 0 Å². The van der Waals surface area contributed by atoms with E-state index in [1.807, 2.05) is 275 Å². The Kier molecular flexibility index (Phi) is 28.4. The lowest BCUT2D eigenvalue weighted by atomic mass is 9.83. The van der Waals surface area contributed by atoms with Crippen LogP contribution >= 0.6 is 127 Å². The Morgan fingerprint density at radius 3 is 0.443 bits per heavy atom. The van der Waals surface area contributed by atoms with E-state index in [-0.39, 0.29) is 149 Å². The van der Waals surface area contributed by atoms with E-state index in [2.05, 4.69) is 127 Å². The third-order valence-corrected chi connectivity index (χ3v) is 34.3. The standard InChI is InChI=1S/C38H34Br4N2O4.2C38H36Br2N2O4/c1-15(2)19-11-9-12-20(16(3)4)33(19)43-35(45)25-23-24-27(31(41)29(25)39)37(47)44(34-21(17(5)6)13-10-14-22(34)18(7)8)38(48)28(24)32(42)30(40)26(23)36(43)46;1-17(2)21-11-9-12-22(18(3)4)33(21)41-35(43)25-15-28(40)32-30-26(16-27(39)31(29(25)30)37(41)45)36(44)42(38(32)46)34-23(19(5)6)13-10-14-24(34)20(7)8;1-17(2)21-11-9-12-22(18(3)4)33(21)41-35(43)25-15-27(39)30-32-29(25)26(36(41)44)16-28(40)31(32)38(46)42(37(30)45)34-23(19(5)6)13-10-14-24(34)20(7)8/h9-18H,1-8H3;2*9-20H,1-8H3. The van der Waals surface area contributed by atoms with Gasteiger partial charge in [0.15, 0.2) is 0 Å². The number of halogens is 8. The number of imide groups is 6. The van der Waals surface area contributed by atoms with E-state index < -0.39 is 70.9 Å². The highest BCUT2D eigenvalue weighted by Gasteiger charge is 2.52. The van der Waals surface area contributed by atoms with Crippen LogP contribution in [0.4, 0.5) is 34.1 Å². The maximum atomic E-state index is 14.8. The van der Waals surface area contributed by atoms with Crippen LogP contribution in [-0.4, -0.2) is 70.9 Å². The van der Waals surface area contributed by atoms with Crippen molar-refractivity contribution < 1.29 is 57.5 Å². The van der Waals surface area contributed by atoms with Gasteiger partial charge in [0.1, 0.15) is 0 Å². The summed E-state index contributed by atoms with van der Waals surface area (Å²) >= 11 is 29.2. The lowest BCUT2D eigenvalue weighted by Crippen LogP contribution is -2.45. The van der Waals surface area contributed by atoms with E-state index in [0.717, 1.165) is 66.8 Å². The molecule has 0 saturated heterocycles. The van der Waals surface area contributed by atoms with Crippen molar-refractivity contribution in [2.45, 2.75) is 237 Å². The topological polar surface area (TPSA) is 224 Å². The van der Waals surface area contributed by atoms with Gasteiger partial charge in [0.25, 0.3) is 70.9 Å². The van der Waals surface area contributed by atoms with Crippen molar-refractivity contribution in [3.8, 4) is 0 Å². The molecule has 0 saturated carbocycles. The Morgan fingerprint density at radius 1 is 0.164 bits per heavy atom. The molecule has 12 aromatic rings. The molecule has 18 nitrogen and oxygen atoms in total. The summed E-state index contributed by atoms with van der Waals surface area (Å²) in [6, 6.07) is 41.8. The largest absolute Gasteiger partial charge is 0.268 e. The number of hydrogen-bond acceptors (Lipinski definition) is 12. The van der Waals surface area contributed by atoms with Gasteiger partial charge in [0.05, 0.1) is 101 Å². The number of anilines is 6. The lowest BCUT2D eigenvalue weighted by Gasteiger charge is -2.37. The molecule has 12 amide bonds. The van der Waals surface area contributed by atoms with Crippen molar-refractivity contribution >= 4 is 265 Å². The Balaban J connectivity index is 0.000000151. The Bertz CT molecular complexity index is 6970. The van der Waals surface area contributed by atoms with Crippen LogP contribution in [0.5, 0.6) is 0 Å². The van der Waals surface area contributed by atoms with E-state index in [1.165, 1.54) is 29.4 Å². The Morgan fingerprint density at radius 2 is 0.286 bits per heavy atom. The fraction of sp³-hybridized carbons (Fsp3) is 0.316. The Labute approximate surface area is 883 Å². The van der Waals surface area contributed by atoms with Gasteiger partial charge in [0.2, 0.25) is 0 Å². The molecule has 0 fully saturated rings. The van der Waals surface area contributed by atoms with E-state index in [4.69, 9.17) is 0 Å². The fourth-order valence-corrected chi connectivity index (χ4v) is 25.5. The molecule has 0 aliphatic carbocycles. The summed E-state index contributed by atoms with van der Waals surface area (Å²) in [6.45, 7) is 48.9. The number of hydrogen-bond donors (Lipinski definition) is 0. The molecule has 140 heavy (non-hydrogen) atoms. The van der Waals surface area contributed by atoms with Crippen molar-refractivity contribution in [1.82, 2.24) is 0 Å². The molecule has 0 aromatic heterocycles. The van der Waals surface area contributed by atoms with Gasteiger partial charge in [-0.05, 0) is 289 Å². The van der Waals surface area contributed by atoms with Gasteiger partial charge in [-0.3, -0.25) is 57.5 Å². The highest BCUT2D eigenvalue weighted by Crippen LogP contribution is 2.57. The summed E-state index contributed by atoms with van der Waals surface area (Å²) in [5.74, 6) is -5.58. The minimum Gasteiger partial charge on any atom is -0.268 e. The predicted molar refractivity (Wildman–Crippen MR) is 588 cm³/mol. The van der Waals surface area contributed by atoms with Crippen molar-refractivity contribution in [1.29, 1.82) is 0 Å². The van der Waals surface area contributed by atoms with Gasteiger partial charge >= 0.3 is 0 Å². The highest BCUT2D eigenvalue weighted by molar-refractivity contribution is 9.13. The van der Waals surface area contributed by atoms with Crippen molar-refractivity contribution in [2.75, 3.05) is 29.4 Å². The van der Waals surface area contributed by atoms with Gasteiger partial charge in [-0.25, -0.2) is 29.4 Å². The maximum Gasteiger partial charge on any atom is 0.267 e. The molecule has 12 aromatic carbocycles. The zero-order valence-electron chi connectivity index (χ0n) is 82.2. The quantitative estimate of drug-likeness (QED) is 0.0732. The van der Waals surface area contributed by atoms with Crippen LogP contribution in [0.15, 0.2) is 169 Å². The molecule has 18 rings (SSSR count). The third kappa shape index (κ3) is 16.1. The number of rotatable bonds is 18. The van der Waals surface area contributed by atoms with Crippen molar-refractivity contribution in [3.63, 3.8) is 0 Å². The molecule has 0 bridgehead atoms. The molecule has 0 spiro atoms. The number of carbonyl (C=O) groups excluding carboxylic acids is 12. The van der Waals surface area contributed by atoms with Gasteiger partial charge in [-0.1, -0.05) is 275 Å². The molecular formula is C114H106Br8N6O12. The highest BCUT2D eigenvalue weighted by atomic mass is 79.9. The second-order valence-corrected chi connectivity index (χ2v) is 47.0. The van der Waals surface area contributed by atoms with Crippen LogP contribution in [-0.2, 0) is 0 Å². The molecule has 0 N–H and O–H groups in total. The SMILES string of the molecule is CC(C)c1cccc(C(C)C)c1N1C(=O)c2c(Br)c(Br)c3c4c(c(Br)c(Br)c(c24)C1=O)C(=O)N(c1c(C(C)C)cccc1C(C)C)C3=O.CC(C)c1cccc(C(C)C)c1N1C(=O)c2cc(Br)c3c4c(c(Br)cc(c24)C1=O)C(=O)N(c1c(C(C)C)cccc1C(C)C)C3=O.CC(C)c1cccc(C(C)C)c1N1C(=O)c2cc(Br)c3c4c(cc(Br)c(c24)C1=O)C(=O)N(c1c(C(C)C)cccc1C(C)C)C3=O. The Hall–Kier alpha value is -9.90. The number of para-hydroxylation sites is 6. The molecule has 0 radical (unpaired) electrons. The van der Waals surface area contributed by atoms with Crippen LogP contribution in [0.2, 0.25) is 0 Å². The second-order valence-electron chi connectivity index (χ2n) is 40.4. The zero-order chi connectivity index (χ0) is 102. The third-order valence-electron chi connectivity index (χ3n) is 27.6. The molecule has 6 aliphatic heterocycles. The summed E-state index contributed by atoms with van der Waals surface area (Å²) in [4.78, 5) is 183. The second kappa shape index (κ2) is 38.7. The van der Waals surface area contributed by atoms with E-state index >= 15 is 0 Å². The molecule has 720 valence electrons. The van der Waals surface area contributed by atoms with Crippen LogP contribution in [0.1, 0.15) is 428 Å². The lowest BCUT2D eigenvalue weighted by molar-refractivity contribution is 0.0870. The van der Waals surface area contributed by atoms with Crippen LogP contribution in [0.3, 0.4) is 0 Å². The van der Waals surface area contributed by atoms with Gasteiger partial charge in [-0.2, -0.15) is 0 Å². The molecule has 26 heteroatoms. The van der Waals surface area contributed by atoms with E-state index in [1.54, 1.807) is 24.3 Å². The summed E-state index contributed by atoms with van der Waals surface area (Å²) < 4.78 is 2.92. The summed E-state index contributed by atoms with van der Waals surface area (Å²) in [7, 11) is 0. The first-order valence-electron chi connectivity index (χ1n) is 47.3. The minimum atomic E-state index is -0.531. The minimum absolute atomic E-state index is 0.0205. The van der Waals surface area contributed by atoms with Crippen molar-refractivity contribution in [3.05, 3.63) is 303 Å². The summed E-state index contributed by atoms with van der Waals surface area (Å²) in [5.41, 5.74) is 17.0.